The molecule has 7 heteroatoms. The average molecular weight is 339 g/mol. The summed E-state index contributed by atoms with van der Waals surface area (Å²) in [7, 11) is -3.51. The maximum absolute atomic E-state index is 11.9. The van der Waals surface area contributed by atoms with Crippen LogP contribution in [-0.4, -0.2) is 27.0 Å². The van der Waals surface area contributed by atoms with Gasteiger partial charge < -0.3 is 5.73 Å². The lowest BCUT2D eigenvalue weighted by molar-refractivity contribution is 0.581. The summed E-state index contributed by atoms with van der Waals surface area (Å²) in [5.41, 5.74) is 5.92. The van der Waals surface area contributed by atoms with Gasteiger partial charge in [-0.15, -0.1) is 0 Å². The van der Waals surface area contributed by atoms with E-state index in [4.69, 9.17) is 5.73 Å². The smallest absolute Gasteiger partial charge is 0.242 e. The van der Waals surface area contributed by atoms with Crippen LogP contribution in [0.15, 0.2) is 27.6 Å². The molecule has 96 valence electrons. The van der Waals surface area contributed by atoms with Crippen molar-refractivity contribution in [3.8, 4) is 0 Å². The van der Waals surface area contributed by atoms with Crippen molar-refractivity contribution in [1.29, 1.82) is 0 Å². The second kappa shape index (κ2) is 6.63. The number of nitrogens with two attached hydrogens (primary N) is 1. The second-order valence-electron chi connectivity index (χ2n) is 3.43. The highest BCUT2D eigenvalue weighted by molar-refractivity contribution is 9.10. The molecule has 0 bridgehead atoms. The summed E-state index contributed by atoms with van der Waals surface area (Å²) < 4.78 is 27.1. The van der Waals surface area contributed by atoms with Gasteiger partial charge >= 0.3 is 0 Å². The molecule has 17 heavy (non-hydrogen) atoms. The molecule has 0 aromatic heterocycles. The monoisotopic (exact) mass is 338 g/mol. The van der Waals surface area contributed by atoms with Gasteiger partial charge in [-0.05, 0) is 36.6 Å². The quantitative estimate of drug-likeness (QED) is 0.615. The molecule has 0 fully saturated rings. The first-order valence-electron chi connectivity index (χ1n) is 5.01. The third-order valence-electron chi connectivity index (χ3n) is 2.08. The lowest BCUT2D eigenvalue weighted by atomic mass is 10.3. The standard InChI is InChI=1S/C10H15BrN2O2S2/c1-16-6-2-5-13-17(14,15)10-7-8(11)3-4-9(10)12/h3-4,7,13H,2,5-6,12H2,1H3. The van der Waals surface area contributed by atoms with Crippen LogP contribution in [0.25, 0.3) is 0 Å². The molecular weight excluding hydrogens is 324 g/mol. The van der Waals surface area contributed by atoms with Gasteiger partial charge in [0.05, 0.1) is 5.69 Å². The average Bonchev–Trinajstić information content (AvgIpc) is 2.28. The van der Waals surface area contributed by atoms with E-state index in [1.807, 2.05) is 6.26 Å². The number of nitrogen functional groups attached to an aromatic ring is 1. The molecule has 4 nitrogen and oxygen atoms in total. The molecule has 0 unspecified atom stereocenters. The number of hydrogen-bond donors (Lipinski definition) is 2. The highest BCUT2D eigenvalue weighted by Crippen LogP contribution is 2.22. The van der Waals surface area contributed by atoms with E-state index in [9.17, 15) is 8.42 Å². The Bertz CT molecular complexity index is 477. The van der Waals surface area contributed by atoms with Crippen LogP contribution in [0.3, 0.4) is 0 Å². The molecule has 0 aliphatic rings. The predicted molar refractivity (Wildman–Crippen MR) is 76.7 cm³/mol. The Labute approximate surface area is 115 Å². The lowest BCUT2D eigenvalue weighted by Crippen LogP contribution is -2.26. The van der Waals surface area contributed by atoms with Crippen LogP contribution >= 0.6 is 27.7 Å². The number of benzene rings is 1. The summed E-state index contributed by atoms with van der Waals surface area (Å²) in [6.07, 6.45) is 2.79. The first-order chi connectivity index (χ1) is 7.97. The van der Waals surface area contributed by atoms with Gasteiger partial charge in [0.25, 0.3) is 0 Å². The topological polar surface area (TPSA) is 72.2 Å². The highest BCUT2D eigenvalue weighted by atomic mass is 79.9. The molecule has 1 rings (SSSR count). The maximum atomic E-state index is 11.9. The van der Waals surface area contributed by atoms with Gasteiger partial charge in [-0.3, -0.25) is 0 Å². The molecule has 0 saturated carbocycles. The normalized spacial score (nSPS) is 11.6. The molecule has 1 aromatic rings. The van der Waals surface area contributed by atoms with Crippen molar-refractivity contribution in [2.45, 2.75) is 11.3 Å². The Kier molecular flexibility index (Phi) is 5.78. The fourth-order valence-corrected chi connectivity index (χ4v) is 3.42. The zero-order valence-electron chi connectivity index (χ0n) is 9.44. The summed E-state index contributed by atoms with van der Waals surface area (Å²) >= 11 is 4.92. The van der Waals surface area contributed by atoms with E-state index in [0.29, 0.717) is 11.0 Å². The highest BCUT2D eigenvalue weighted by Gasteiger charge is 2.16. The van der Waals surface area contributed by atoms with Crippen LogP contribution in [0.4, 0.5) is 5.69 Å². The third-order valence-corrected chi connectivity index (χ3v) is 4.79. The van der Waals surface area contributed by atoms with Crippen molar-refractivity contribution in [3.63, 3.8) is 0 Å². The number of thioether (sulfide) groups is 1. The number of hydrogen-bond acceptors (Lipinski definition) is 4. The first-order valence-corrected chi connectivity index (χ1v) is 8.68. The van der Waals surface area contributed by atoms with Gasteiger partial charge in [-0.1, -0.05) is 15.9 Å². The molecule has 0 aliphatic heterocycles. The van der Waals surface area contributed by atoms with E-state index in [2.05, 4.69) is 20.7 Å². The molecule has 0 aliphatic carbocycles. The zero-order chi connectivity index (χ0) is 12.9. The van der Waals surface area contributed by atoms with Gasteiger partial charge in [0, 0.05) is 11.0 Å². The van der Waals surface area contributed by atoms with Gasteiger partial charge in [0.2, 0.25) is 10.0 Å². The molecule has 0 amide bonds. The SMILES string of the molecule is CSCCCNS(=O)(=O)c1cc(Br)ccc1N. The van der Waals surface area contributed by atoms with Gasteiger partial charge in [-0.2, -0.15) is 11.8 Å². The Morgan fingerprint density at radius 3 is 2.82 bits per heavy atom. The fraction of sp³-hybridized carbons (Fsp3) is 0.400. The zero-order valence-corrected chi connectivity index (χ0v) is 12.7. The largest absolute Gasteiger partial charge is 0.398 e. The Morgan fingerprint density at radius 2 is 2.18 bits per heavy atom. The van der Waals surface area contributed by atoms with E-state index in [1.54, 1.807) is 23.9 Å². The van der Waals surface area contributed by atoms with E-state index in [1.165, 1.54) is 6.07 Å². The van der Waals surface area contributed by atoms with Gasteiger partial charge in [0.15, 0.2) is 0 Å². The summed E-state index contributed by atoms with van der Waals surface area (Å²) in [6.45, 7) is 0.426. The van der Waals surface area contributed by atoms with Crippen molar-refractivity contribution in [3.05, 3.63) is 22.7 Å². The Morgan fingerprint density at radius 1 is 1.47 bits per heavy atom. The fourth-order valence-electron chi connectivity index (χ4n) is 1.24. The number of halogens is 1. The first kappa shape index (κ1) is 14.8. The van der Waals surface area contributed by atoms with Gasteiger partial charge in [0.1, 0.15) is 4.90 Å². The third kappa shape index (κ3) is 4.50. The molecule has 0 radical (unpaired) electrons. The van der Waals surface area contributed by atoms with Crippen LogP contribution in [0.5, 0.6) is 0 Å². The summed E-state index contributed by atoms with van der Waals surface area (Å²) in [5.74, 6) is 0.927. The summed E-state index contributed by atoms with van der Waals surface area (Å²) in [4.78, 5) is 0.121. The van der Waals surface area contributed by atoms with Crippen molar-refractivity contribution in [2.24, 2.45) is 0 Å². The van der Waals surface area contributed by atoms with Crippen LogP contribution in [-0.2, 0) is 10.0 Å². The molecular formula is C10H15BrN2O2S2. The van der Waals surface area contributed by atoms with Crippen molar-refractivity contribution < 1.29 is 8.42 Å². The van der Waals surface area contributed by atoms with E-state index in [-0.39, 0.29) is 10.6 Å². The minimum absolute atomic E-state index is 0.121. The van der Waals surface area contributed by atoms with Crippen LogP contribution in [0.2, 0.25) is 0 Å². The molecule has 0 atom stereocenters. The molecule has 3 N–H and O–H groups in total. The second-order valence-corrected chi connectivity index (χ2v) is 7.06. The number of rotatable bonds is 6. The van der Waals surface area contributed by atoms with Crippen LogP contribution < -0.4 is 10.5 Å². The molecule has 1 aromatic carbocycles. The van der Waals surface area contributed by atoms with Crippen molar-refractivity contribution >= 4 is 43.4 Å². The summed E-state index contributed by atoms with van der Waals surface area (Å²) in [6, 6.07) is 4.79. The number of anilines is 1. The van der Waals surface area contributed by atoms with Crippen molar-refractivity contribution in [1.82, 2.24) is 4.72 Å². The molecule has 0 spiro atoms. The van der Waals surface area contributed by atoms with E-state index >= 15 is 0 Å². The number of nitrogens with one attached hydrogen (secondary N) is 1. The van der Waals surface area contributed by atoms with Crippen molar-refractivity contribution in [2.75, 3.05) is 24.3 Å². The van der Waals surface area contributed by atoms with Crippen LogP contribution in [0, 0.1) is 0 Å². The van der Waals surface area contributed by atoms with E-state index < -0.39 is 10.0 Å². The van der Waals surface area contributed by atoms with Gasteiger partial charge in [-0.25, -0.2) is 13.1 Å². The lowest BCUT2D eigenvalue weighted by Gasteiger charge is -2.09. The minimum atomic E-state index is -3.51. The molecule has 0 heterocycles. The van der Waals surface area contributed by atoms with E-state index in [0.717, 1.165) is 12.2 Å². The molecule has 0 saturated heterocycles. The Hall–Kier alpha value is -0.240. The minimum Gasteiger partial charge on any atom is -0.398 e. The number of sulfonamides is 1. The summed E-state index contributed by atoms with van der Waals surface area (Å²) in [5, 5.41) is 0. The maximum Gasteiger partial charge on any atom is 0.242 e. The van der Waals surface area contributed by atoms with Crippen LogP contribution in [0.1, 0.15) is 6.42 Å². The Balaban J connectivity index is 2.79. The predicted octanol–water partition coefficient (Wildman–Crippen LogP) is 2.06.